The number of thiophene rings is 1. The molecule has 3 heterocycles. The maximum Gasteiger partial charge on any atom is 0.224 e. The fraction of sp³-hybridized carbons (Fsp3) is 0.316. The molecular formula is C19H19N3O3S. The van der Waals surface area contributed by atoms with Gasteiger partial charge in [-0.15, -0.1) is 11.3 Å². The summed E-state index contributed by atoms with van der Waals surface area (Å²) >= 11 is 1.38. The maximum absolute atomic E-state index is 12.8. The highest BCUT2D eigenvalue weighted by molar-refractivity contribution is 7.20. The summed E-state index contributed by atoms with van der Waals surface area (Å²) in [6.07, 6.45) is 3.67. The van der Waals surface area contributed by atoms with Gasteiger partial charge in [0.2, 0.25) is 11.7 Å². The molecule has 0 amide bonds. The zero-order valence-electron chi connectivity index (χ0n) is 14.4. The van der Waals surface area contributed by atoms with Crippen LogP contribution in [0.25, 0.3) is 10.2 Å². The molecule has 134 valence electrons. The lowest BCUT2D eigenvalue weighted by molar-refractivity contribution is 0.0903. The Labute approximate surface area is 155 Å². The number of benzene rings is 1. The molecule has 0 unspecified atom stereocenters. The number of fused-ring (bicyclic) bond motifs is 1. The average Bonchev–Trinajstić information content (AvgIpc) is 3.11. The second-order valence-electron chi connectivity index (χ2n) is 6.16. The summed E-state index contributed by atoms with van der Waals surface area (Å²) in [5.41, 5.74) is 0.601. The Hall–Kier alpha value is -2.51. The van der Waals surface area contributed by atoms with Crippen LogP contribution in [0.4, 0.5) is 5.95 Å². The van der Waals surface area contributed by atoms with E-state index < -0.39 is 0 Å². The summed E-state index contributed by atoms with van der Waals surface area (Å²) in [7, 11) is 1.59. The summed E-state index contributed by atoms with van der Waals surface area (Å²) in [4.78, 5) is 23.2. The molecule has 1 aromatic carbocycles. The number of ether oxygens (including phenoxy) is 2. The van der Waals surface area contributed by atoms with Crippen molar-refractivity contribution in [3.8, 4) is 5.75 Å². The zero-order chi connectivity index (χ0) is 17.9. The van der Waals surface area contributed by atoms with E-state index in [0.717, 1.165) is 36.3 Å². The summed E-state index contributed by atoms with van der Waals surface area (Å²) in [6.45, 7) is 1.52. The fourth-order valence-corrected chi connectivity index (χ4v) is 3.91. The number of hydrogen-bond donors (Lipinski definition) is 1. The van der Waals surface area contributed by atoms with Gasteiger partial charge < -0.3 is 14.8 Å². The number of methoxy groups -OCH3 is 1. The summed E-state index contributed by atoms with van der Waals surface area (Å²) < 4.78 is 10.6. The Morgan fingerprint density at radius 2 is 2.15 bits per heavy atom. The first-order valence-corrected chi connectivity index (χ1v) is 9.34. The van der Waals surface area contributed by atoms with Crippen LogP contribution in [0.5, 0.6) is 5.75 Å². The van der Waals surface area contributed by atoms with Crippen LogP contribution in [0.1, 0.15) is 28.1 Å². The van der Waals surface area contributed by atoms with E-state index in [-0.39, 0.29) is 5.78 Å². The molecule has 0 spiro atoms. The smallest absolute Gasteiger partial charge is 0.224 e. The van der Waals surface area contributed by atoms with Crippen molar-refractivity contribution in [2.45, 2.75) is 18.9 Å². The normalized spacial score (nSPS) is 15.1. The quantitative estimate of drug-likeness (QED) is 0.694. The Morgan fingerprint density at radius 3 is 2.96 bits per heavy atom. The number of ketones is 1. The summed E-state index contributed by atoms with van der Waals surface area (Å²) in [5, 5.41) is 4.24. The maximum atomic E-state index is 12.8. The Morgan fingerprint density at radius 1 is 1.31 bits per heavy atom. The number of nitrogens with one attached hydrogen (secondary N) is 1. The van der Waals surface area contributed by atoms with E-state index in [1.807, 2.05) is 18.2 Å². The van der Waals surface area contributed by atoms with E-state index in [0.29, 0.717) is 28.2 Å². The highest BCUT2D eigenvalue weighted by atomic mass is 32.1. The first kappa shape index (κ1) is 16.9. The molecule has 1 fully saturated rings. The SMILES string of the molecule is COc1cccc(C(=O)c2cc3cnc(NC4CCOCC4)nc3s2)c1. The molecule has 0 saturated carbocycles. The molecule has 0 atom stereocenters. The van der Waals surface area contributed by atoms with Gasteiger partial charge in [0.05, 0.1) is 12.0 Å². The van der Waals surface area contributed by atoms with Crippen molar-refractivity contribution >= 4 is 33.3 Å². The van der Waals surface area contributed by atoms with Crippen molar-refractivity contribution in [2.24, 2.45) is 0 Å². The van der Waals surface area contributed by atoms with Gasteiger partial charge in [0.25, 0.3) is 0 Å². The Bertz CT molecular complexity index is 935. The van der Waals surface area contributed by atoms with E-state index in [9.17, 15) is 4.79 Å². The molecule has 0 bridgehead atoms. The van der Waals surface area contributed by atoms with Crippen LogP contribution >= 0.6 is 11.3 Å². The van der Waals surface area contributed by atoms with Crippen LogP contribution in [0.3, 0.4) is 0 Å². The first-order valence-electron chi connectivity index (χ1n) is 8.52. The number of carbonyl (C=O) groups is 1. The lowest BCUT2D eigenvalue weighted by atomic mass is 10.1. The number of nitrogens with zero attached hydrogens (tertiary/aromatic N) is 2. The third-order valence-electron chi connectivity index (χ3n) is 4.38. The number of aromatic nitrogens is 2. The number of carbonyl (C=O) groups excluding carboxylic acids is 1. The molecule has 1 saturated heterocycles. The molecule has 0 aliphatic carbocycles. The van der Waals surface area contributed by atoms with Gasteiger partial charge in [-0.25, -0.2) is 9.97 Å². The monoisotopic (exact) mass is 369 g/mol. The average molecular weight is 369 g/mol. The topological polar surface area (TPSA) is 73.3 Å². The van der Waals surface area contributed by atoms with Gasteiger partial charge in [-0.2, -0.15) is 0 Å². The van der Waals surface area contributed by atoms with Crippen LogP contribution in [0.2, 0.25) is 0 Å². The van der Waals surface area contributed by atoms with Gasteiger partial charge >= 0.3 is 0 Å². The highest BCUT2D eigenvalue weighted by Crippen LogP contribution is 2.27. The number of hydrogen-bond acceptors (Lipinski definition) is 7. The molecule has 6 nitrogen and oxygen atoms in total. The molecule has 0 radical (unpaired) electrons. The first-order chi connectivity index (χ1) is 12.7. The standard InChI is InChI=1S/C19H19N3O3S/c1-24-15-4-2-3-12(9-15)17(23)16-10-13-11-20-19(22-18(13)26-16)21-14-5-7-25-8-6-14/h2-4,9-11,14H,5-8H2,1H3,(H,20,21,22). The molecule has 2 aromatic heterocycles. The van der Waals surface area contributed by atoms with Crippen molar-refractivity contribution in [1.29, 1.82) is 0 Å². The van der Waals surface area contributed by atoms with Crippen LogP contribution in [-0.2, 0) is 4.74 Å². The van der Waals surface area contributed by atoms with Gasteiger partial charge in [-0.3, -0.25) is 4.79 Å². The van der Waals surface area contributed by atoms with Crippen molar-refractivity contribution in [1.82, 2.24) is 9.97 Å². The zero-order valence-corrected chi connectivity index (χ0v) is 15.2. The van der Waals surface area contributed by atoms with Crippen molar-refractivity contribution < 1.29 is 14.3 Å². The van der Waals surface area contributed by atoms with Crippen molar-refractivity contribution in [3.63, 3.8) is 0 Å². The van der Waals surface area contributed by atoms with Crippen LogP contribution in [0, 0.1) is 0 Å². The molecule has 1 aliphatic rings. The molecule has 1 N–H and O–H groups in total. The van der Waals surface area contributed by atoms with Crippen LogP contribution < -0.4 is 10.1 Å². The number of rotatable bonds is 5. The van der Waals surface area contributed by atoms with E-state index in [1.165, 1.54) is 11.3 Å². The lowest BCUT2D eigenvalue weighted by Crippen LogP contribution is -2.28. The Kier molecular flexibility index (Phi) is 4.81. The molecular weight excluding hydrogens is 350 g/mol. The minimum atomic E-state index is -0.0363. The molecule has 1 aliphatic heterocycles. The van der Waals surface area contributed by atoms with E-state index >= 15 is 0 Å². The molecule has 3 aromatic rings. The summed E-state index contributed by atoms with van der Waals surface area (Å²) in [5.74, 6) is 1.23. The van der Waals surface area contributed by atoms with E-state index in [2.05, 4.69) is 15.3 Å². The minimum absolute atomic E-state index is 0.0363. The van der Waals surface area contributed by atoms with Crippen LogP contribution in [-0.4, -0.2) is 42.1 Å². The van der Waals surface area contributed by atoms with Gasteiger partial charge in [-0.05, 0) is 31.0 Å². The van der Waals surface area contributed by atoms with E-state index in [4.69, 9.17) is 9.47 Å². The third kappa shape index (κ3) is 3.54. The van der Waals surface area contributed by atoms with Gasteiger partial charge in [0, 0.05) is 36.4 Å². The Balaban J connectivity index is 1.57. The highest BCUT2D eigenvalue weighted by Gasteiger charge is 2.17. The number of anilines is 1. The lowest BCUT2D eigenvalue weighted by Gasteiger charge is -2.22. The molecule has 4 rings (SSSR count). The van der Waals surface area contributed by atoms with Gasteiger partial charge in [-0.1, -0.05) is 12.1 Å². The predicted molar refractivity (Wildman–Crippen MR) is 101 cm³/mol. The molecule has 26 heavy (non-hydrogen) atoms. The van der Waals surface area contributed by atoms with E-state index in [1.54, 1.807) is 25.4 Å². The van der Waals surface area contributed by atoms with Gasteiger partial charge in [0.1, 0.15) is 10.6 Å². The fourth-order valence-electron chi connectivity index (χ4n) is 2.94. The summed E-state index contributed by atoms with van der Waals surface area (Å²) in [6, 6.07) is 9.35. The van der Waals surface area contributed by atoms with Crippen molar-refractivity contribution in [2.75, 3.05) is 25.6 Å². The second-order valence-corrected chi connectivity index (χ2v) is 7.19. The van der Waals surface area contributed by atoms with Crippen LogP contribution in [0.15, 0.2) is 36.5 Å². The molecule has 7 heteroatoms. The predicted octanol–water partition coefficient (Wildman–Crippen LogP) is 3.52. The minimum Gasteiger partial charge on any atom is -0.497 e. The second kappa shape index (κ2) is 7.39. The largest absolute Gasteiger partial charge is 0.497 e. The third-order valence-corrected chi connectivity index (χ3v) is 5.43. The van der Waals surface area contributed by atoms with Crippen molar-refractivity contribution in [3.05, 3.63) is 47.0 Å². The van der Waals surface area contributed by atoms with Gasteiger partial charge in [0.15, 0.2) is 0 Å².